The first-order chi connectivity index (χ1) is 8.31. The normalized spacial score (nSPS) is 24.2. The maximum Gasteiger partial charge on any atom is 0.0589 e. The summed E-state index contributed by atoms with van der Waals surface area (Å²) >= 11 is 0. The molecule has 100 valence electrons. The van der Waals surface area contributed by atoms with E-state index in [-0.39, 0.29) is 0 Å². The third kappa shape index (κ3) is 4.23. The Bertz CT molecular complexity index is 212. The molecule has 0 spiro atoms. The molecule has 0 heterocycles. The first kappa shape index (κ1) is 13.3. The van der Waals surface area contributed by atoms with Crippen LogP contribution in [0.3, 0.4) is 0 Å². The zero-order valence-corrected chi connectivity index (χ0v) is 11.2. The molecule has 2 saturated carbocycles. The molecule has 2 aliphatic rings. The summed E-state index contributed by atoms with van der Waals surface area (Å²) in [6.07, 6.45) is 9.62. The van der Waals surface area contributed by atoms with Gasteiger partial charge in [-0.2, -0.15) is 0 Å². The van der Waals surface area contributed by atoms with E-state index in [1.54, 1.807) is 7.11 Å². The summed E-state index contributed by atoms with van der Waals surface area (Å²) < 4.78 is 5.19. The Morgan fingerprint density at radius 1 is 1.18 bits per heavy atom. The molecular formula is C14H28N2O. The average molecular weight is 240 g/mol. The highest BCUT2D eigenvalue weighted by Gasteiger charge is 2.31. The molecule has 0 amide bonds. The van der Waals surface area contributed by atoms with Crippen LogP contribution in [0, 0.1) is 5.92 Å². The number of nitrogens with zero attached hydrogens (tertiary/aromatic N) is 1. The van der Waals surface area contributed by atoms with Crippen molar-refractivity contribution in [2.45, 2.75) is 57.0 Å². The molecule has 2 rings (SSSR count). The van der Waals surface area contributed by atoms with Crippen LogP contribution in [0.2, 0.25) is 0 Å². The SMILES string of the molecule is COCCN(CC(N)C1CCCCC1)C1CC1. The summed E-state index contributed by atoms with van der Waals surface area (Å²) in [7, 11) is 1.78. The standard InChI is InChI=1S/C14H28N2O/c1-17-10-9-16(13-7-8-13)11-14(15)12-5-3-2-4-6-12/h12-14H,2-11,15H2,1H3. The largest absolute Gasteiger partial charge is 0.383 e. The van der Waals surface area contributed by atoms with Crippen molar-refractivity contribution in [3.05, 3.63) is 0 Å². The lowest BCUT2D eigenvalue weighted by atomic mass is 9.84. The number of hydrogen-bond donors (Lipinski definition) is 1. The lowest BCUT2D eigenvalue weighted by Gasteiger charge is -2.32. The van der Waals surface area contributed by atoms with Gasteiger partial charge < -0.3 is 10.5 Å². The fourth-order valence-corrected chi connectivity index (χ4v) is 3.05. The number of rotatable bonds is 7. The molecule has 0 aliphatic heterocycles. The molecule has 1 atom stereocenters. The van der Waals surface area contributed by atoms with E-state index in [2.05, 4.69) is 4.90 Å². The molecule has 17 heavy (non-hydrogen) atoms. The van der Waals surface area contributed by atoms with Crippen LogP contribution in [0.15, 0.2) is 0 Å². The Labute approximate surface area is 106 Å². The van der Waals surface area contributed by atoms with Crippen LogP contribution in [0.1, 0.15) is 44.9 Å². The van der Waals surface area contributed by atoms with E-state index in [4.69, 9.17) is 10.5 Å². The highest BCUT2D eigenvalue weighted by atomic mass is 16.5. The van der Waals surface area contributed by atoms with Crippen molar-refractivity contribution in [1.82, 2.24) is 4.90 Å². The van der Waals surface area contributed by atoms with Crippen molar-refractivity contribution in [1.29, 1.82) is 0 Å². The van der Waals surface area contributed by atoms with Gasteiger partial charge >= 0.3 is 0 Å². The molecule has 2 N–H and O–H groups in total. The zero-order valence-electron chi connectivity index (χ0n) is 11.2. The van der Waals surface area contributed by atoms with E-state index < -0.39 is 0 Å². The van der Waals surface area contributed by atoms with Crippen LogP contribution in [0.4, 0.5) is 0 Å². The van der Waals surface area contributed by atoms with Gasteiger partial charge in [0.05, 0.1) is 6.61 Å². The Morgan fingerprint density at radius 2 is 1.88 bits per heavy atom. The lowest BCUT2D eigenvalue weighted by molar-refractivity contribution is 0.129. The van der Waals surface area contributed by atoms with Crippen LogP contribution >= 0.6 is 0 Å². The van der Waals surface area contributed by atoms with E-state index >= 15 is 0 Å². The van der Waals surface area contributed by atoms with Crippen molar-refractivity contribution in [3.8, 4) is 0 Å². The van der Waals surface area contributed by atoms with Gasteiger partial charge in [-0.1, -0.05) is 19.3 Å². The minimum absolute atomic E-state index is 0.382. The maximum absolute atomic E-state index is 6.40. The van der Waals surface area contributed by atoms with E-state index in [1.807, 2.05) is 0 Å². The maximum atomic E-state index is 6.40. The average Bonchev–Trinajstić information content (AvgIpc) is 3.19. The second kappa shape index (κ2) is 6.72. The van der Waals surface area contributed by atoms with E-state index in [1.165, 1.54) is 44.9 Å². The van der Waals surface area contributed by atoms with Crippen LogP contribution in [0.5, 0.6) is 0 Å². The van der Waals surface area contributed by atoms with Crippen molar-refractivity contribution in [2.24, 2.45) is 11.7 Å². The van der Waals surface area contributed by atoms with E-state index in [0.717, 1.165) is 31.7 Å². The highest BCUT2D eigenvalue weighted by molar-refractivity contribution is 4.88. The first-order valence-corrected chi connectivity index (χ1v) is 7.30. The minimum Gasteiger partial charge on any atom is -0.383 e. The van der Waals surface area contributed by atoms with Crippen molar-refractivity contribution >= 4 is 0 Å². The molecule has 0 aromatic rings. The fraction of sp³-hybridized carbons (Fsp3) is 1.00. The van der Waals surface area contributed by atoms with Crippen LogP contribution in [-0.2, 0) is 4.74 Å². The summed E-state index contributed by atoms with van der Waals surface area (Å²) in [6, 6.07) is 1.19. The Hall–Kier alpha value is -0.120. The predicted molar refractivity (Wildman–Crippen MR) is 71.0 cm³/mol. The van der Waals surface area contributed by atoms with Crippen LogP contribution in [0.25, 0.3) is 0 Å². The summed E-state index contributed by atoms with van der Waals surface area (Å²) in [5, 5.41) is 0. The molecule has 1 unspecified atom stereocenters. The molecule has 2 aliphatic carbocycles. The van der Waals surface area contributed by atoms with Crippen molar-refractivity contribution in [2.75, 3.05) is 26.8 Å². The van der Waals surface area contributed by atoms with Gasteiger partial charge in [-0.3, -0.25) is 4.90 Å². The molecule has 0 radical (unpaired) electrons. The van der Waals surface area contributed by atoms with Gasteiger partial charge in [0.25, 0.3) is 0 Å². The molecule has 2 fully saturated rings. The lowest BCUT2D eigenvalue weighted by Crippen LogP contribution is -2.44. The van der Waals surface area contributed by atoms with Gasteiger partial charge in [0.15, 0.2) is 0 Å². The van der Waals surface area contributed by atoms with Crippen molar-refractivity contribution < 1.29 is 4.74 Å². The summed E-state index contributed by atoms with van der Waals surface area (Å²) in [4.78, 5) is 2.56. The molecule has 3 heteroatoms. The zero-order chi connectivity index (χ0) is 12.1. The summed E-state index contributed by atoms with van der Waals surface area (Å²) in [5.41, 5.74) is 6.40. The van der Waals surface area contributed by atoms with E-state index in [9.17, 15) is 0 Å². The van der Waals surface area contributed by atoms with Gasteiger partial charge in [0, 0.05) is 32.3 Å². The van der Waals surface area contributed by atoms with Crippen LogP contribution < -0.4 is 5.73 Å². The molecule has 0 aromatic heterocycles. The molecular weight excluding hydrogens is 212 g/mol. The fourth-order valence-electron chi connectivity index (χ4n) is 3.05. The summed E-state index contributed by atoms with van der Waals surface area (Å²) in [5.74, 6) is 0.771. The van der Waals surface area contributed by atoms with Crippen LogP contribution in [-0.4, -0.2) is 43.8 Å². The Morgan fingerprint density at radius 3 is 2.47 bits per heavy atom. The van der Waals surface area contributed by atoms with Gasteiger partial charge in [-0.15, -0.1) is 0 Å². The van der Waals surface area contributed by atoms with Gasteiger partial charge in [0.1, 0.15) is 0 Å². The number of hydrogen-bond acceptors (Lipinski definition) is 3. The monoisotopic (exact) mass is 240 g/mol. The van der Waals surface area contributed by atoms with E-state index in [0.29, 0.717) is 6.04 Å². The smallest absolute Gasteiger partial charge is 0.0589 e. The number of nitrogens with two attached hydrogens (primary N) is 1. The third-order valence-electron chi connectivity index (χ3n) is 4.35. The predicted octanol–water partition coefficient (Wildman–Crippen LogP) is 2.00. The molecule has 0 aromatic carbocycles. The quantitative estimate of drug-likeness (QED) is 0.740. The van der Waals surface area contributed by atoms with Gasteiger partial charge in [-0.05, 0) is 31.6 Å². The Balaban J connectivity index is 1.75. The molecule has 0 bridgehead atoms. The minimum atomic E-state index is 0.382. The Kier molecular flexibility index (Phi) is 5.26. The number of methoxy groups -OCH3 is 1. The van der Waals surface area contributed by atoms with Gasteiger partial charge in [-0.25, -0.2) is 0 Å². The topological polar surface area (TPSA) is 38.5 Å². The number of ether oxygens (including phenoxy) is 1. The molecule has 0 saturated heterocycles. The highest BCUT2D eigenvalue weighted by Crippen LogP contribution is 2.30. The second-order valence-corrected chi connectivity index (χ2v) is 5.78. The summed E-state index contributed by atoms with van der Waals surface area (Å²) in [6.45, 7) is 2.98. The third-order valence-corrected chi connectivity index (χ3v) is 4.35. The second-order valence-electron chi connectivity index (χ2n) is 5.78. The molecule has 3 nitrogen and oxygen atoms in total. The first-order valence-electron chi connectivity index (χ1n) is 7.30. The van der Waals surface area contributed by atoms with Crippen molar-refractivity contribution in [3.63, 3.8) is 0 Å². The van der Waals surface area contributed by atoms with Gasteiger partial charge in [0.2, 0.25) is 0 Å².